The van der Waals surface area contributed by atoms with Gasteiger partial charge in [-0.05, 0) is 49.5 Å². The Balaban J connectivity index is 1.87. The summed E-state index contributed by atoms with van der Waals surface area (Å²) in [5.74, 6) is 1.50. The number of aryl methyl sites for hydroxylation is 2. The average molecular weight is 322 g/mol. The number of thioether (sulfide) groups is 1. The zero-order chi connectivity index (χ0) is 16.1. The van der Waals surface area contributed by atoms with Gasteiger partial charge in [-0.15, -0.1) is 0 Å². The first-order valence-electron chi connectivity index (χ1n) is 7.34. The number of carbonyl (C=O) groups excluding carboxylic acids is 2. The van der Waals surface area contributed by atoms with Gasteiger partial charge in [0.1, 0.15) is 18.4 Å². The van der Waals surface area contributed by atoms with Gasteiger partial charge >= 0.3 is 6.03 Å². The molecule has 120 valence electrons. The van der Waals surface area contributed by atoms with E-state index in [4.69, 9.17) is 4.74 Å². The van der Waals surface area contributed by atoms with Crippen molar-refractivity contribution in [2.45, 2.75) is 26.3 Å². The van der Waals surface area contributed by atoms with Gasteiger partial charge in [0.25, 0.3) is 5.91 Å². The first kappa shape index (κ1) is 16.7. The van der Waals surface area contributed by atoms with Crippen molar-refractivity contribution in [3.05, 3.63) is 29.3 Å². The second-order valence-corrected chi connectivity index (χ2v) is 6.38. The summed E-state index contributed by atoms with van der Waals surface area (Å²) in [6.45, 7) is 4.55. The first-order chi connectivity index (χ1) is 10.5. The molecule has 1 heterocycles. The Bertz CT molecular complexity index is 562. The van der Waals surface area contributed by atoms with Gasteiger partial charge in [-0.2, -0.15) is 11.8 Å². The Kier molecular flexibility index (Phi) is 5.71. The standard InChI is InChI=1S/C16H22N2O3S/c1-11-4-5-12(2)14(10-11)21-8-7-18-15(19)13(6-9-22-3)17-16(18)20/h4-5,10,13H,6-9H2,1-3H3,(H,17,20)/t13-/m0/s1. The Hall–Kier alpha value is -1.69. The van der Waals surface area contributed by atoms with E-state index in [0.29, 0.717) is 13.0 Å². The van der Waals surface area contributed by atoms with E-state index in [9.17, 15) is 9.59 Å². The number of hydrogen-bond acceptors (Lipinski definition) is 4. The van der Waals surface area contributed by atoms with Gasteiger partial charge in [0.15, 0.2) is 0 Å². The molecule has 0 spiro atoms. The van der Waals surface area contributed by atoms with Crippen LogP contribution in [0.1, 0.15) is 17.5 Å². The Labute approximate surface area is 135 Å². The highest BCUT2D eigenvalue weighted by molar-refractivity contribution is 7.98. The molecule has 0 unspecified atom stereocenters. The summed E-state index contributed by atoms with van der Waals surface area (Å²) < 4.78 is 5.71. The van der Waals surface area contributed by atoms with E-state index in [-0.39, 0.29) is 24.5 Å². The molecule has 22 heavy (non-hydrogen) atoms. The number of hydrogen-bond donors (Lipinski definition) is 1. The van der Waals surface area contributed by atoms with Crippen molar-refractivity contribution in [2.24, 2.45) is 0 Å². The van der Waals surface area contributed by atoms with Crippen molar-refractivity contribution in [1.29, 1.82) is 0 Å². The third kappa shape index (κ3) is 3.94. The second-order valence-electron chi connectivity index (χ2n) is 5.39. The zero-order valence-corrected chi connectivity index (χ0v) is 14.0. The molecule has 5 nitrogen and oxygen atoms in total. The fraction of sp³-hybridized carbons (Fsp3) is 0.500. The third-order valence-corrected chi connectivity index (χ3v) is 4.28. The molecule has 0 bridgehead atoms. The molecule has 1 aromatic carbocycles. The number of nitrogens with one attached hydrogen (secondary N) is 1. The Morgan fingerprint density at radius 3 is 2.82 bits per heavy atom. The van der Waals surface area contributed by atoms with Crippen LogP contribution in [0.3, 0.4) is 0 Å². The number of amides is 3. The molecule has 1 fully saturated rings. The quantitative estimate of drug-likeness (QED) is 0.783. The highest BCUT2D eigenvalue weighted by Crippen LogP contribution is 2.19. The number of benzene rings is 1. The van der Waals surface area contributed by atoms with Crippen LogP contribution < -0.4 is 10.1 Å². The van der Waals surface area contributed by atoms with Crippen LogP contribution >= 0.6 is 11.8 Å². The fourth-order valence-corrected chi connectivity index (χ4v) is 2.80. The predicted molar refractivity (Wildman–Crippen MR) is 88.4 cm³/mol. The molecular weight excluding hydrogens is 300 g/mol. The molecule has 0 aromatic heterocycles. The molecule has 6 heteroatoms. The van der Waals surface area contributed by atoms with Crippen LogP contribution in [0.2, 0.25) is 0 Å². The van der Waals surface area contributed by atoms with Crippen LogP contribution in [0.25, 0.3) is 0 Å². The summed E-state index contributed by atoms with van der Waals surface area (Å²) in [5, 5.41) is 2.73. The highest BCUT2D eigenvalue weighted by Gasteiger charge is 2.37. The number of carbonyl (C=O) groups is 2. The molecular formula is C16H22N2O3S. The summed E-state index contributed by atoms with van der Waals surface area (Å²) in [4.78, 5) is 25.3. The van der Waals surface area contributed by atoms with Crippen LogP contribution in [0, 0.1) is 13.8 Å². The summed E-state index contributed by atoms with van der Waals surface area (Å²) in [7, 11) is 0. The number of nitrogens with zero attached hydrogens (tertiary/aromatic N) is 1. The van der Waals surface area contributed by atoms with Gasteiger partial charge in [0, 0.05) is 0 Å². The number of imide groups is 1. The minimum atomic E-state index is -0.388. The van der Waals surface area contributed by atoms with Crippen molar-refractivity contribution in [3.63, 3.8) is 0 Å². The van der Waals surface area contributed by atoms with Crippen molar-refractivity contribution in [2.75, 3.05) is 25.2 Å². The van der Waals surface area contributed by atoms with Gasteiger partial charge < -0.3 is 10.1 Å². The van der Waals surface area contributed by atoms with Crippen molar-refractivity contribution in [1.82, 2.24) is 10.2 Å². The van der Waals surface area contributed by atoms with Crippen LogP contribution in [-0.2, 0) is 4.79 Å². The molecule has 1 aliphatic heterocycles. The van der Waals surface area contributed by atoms with E-state index in [1.807, 2.05) is 38.3 Å². The number of ether oxygens (including phenoxy) is 1. The molecule has 1 atom stereocenters. The third-order valence-electron chi connectivity index (χ3n) is 3.63. The summed E-state index contributed by atoms with van der Waals surface area (Å²) in [6.07, 6.45) is 2.65. The van der Waals surface area contributed by atoms with Crippen LogP contribution in [0.5, 0.6) is 5.75 Å². The minimum Gasteiger partial charge on any atom is -0.491 e. The summed E-state index contributed by atoms with van der Waals surface area (Å²) in [5.41, 5.74) is 2.16. The molecule has 1 aliphatic rings. The fourth-order valence-electron chi connectivity index (χ4n) is 2.33. The molecule has 1 N–H and O–H groups in total. The molecule has 0 radical (unpaired) electrons. The minimum absolute atomic E-state index is 0.149. The average Bonchev–Trinajstić information content (AvgIpc) is 2.76. The monoisotopic (exact) mass is 322 g/mol. The maximum atomic E-state index is 12.2. The van der Waals surface area contributed by atoms with E-state index in [1.165, 1.54) is 4.90 Å². The van der Waals surface area contributed by atoms with Crippen molar-refractivity contribution in [3.8, 4) is 5.75 Å². The zero-order valence-electron chi connectivity index (χ0n) is 13.2. The normalized spacial score (nSPS) is 17.8. The van der Waals surface area contributed by atoms with Gasteiger partial charge in [-0.25, -0.2) is 4.79 Å². The van der Waals surface area contributed by atoms with E-state index < -0.39 is 0 Å². The lowest BCUT2D eigenvalue weighted by Gasteiger charge is -2.15. The van der Waals surface area contributed by atoms with E-state index >= 15 is 0 Å². The maximum absolute atomic E-state index is 12.2. The van der Waals surface area contributed by atoms with Crippen LogP contribution in [-0.4, -0.2) is 48.0 Å². The molecule has 1 saturated heterocycles. The predicted octanol–water partition coefficient (Wildman–Crippen LogP) is 2.36. The SMILES string of the molecule is CSCC[C@@H]1NC(=O)N(CCOc2cc(C)ccc2C)C1=O. The van der Waals surface area contributed by atoms with Gasteiger partial charge in [0.2, 0.25) is 0 Å². The smallest absolute Gasteiger partial charge is 0.324 e. The second kappa shape index (κ2) is 7.54. The van der Waals surface area contributed by atoms with Gasteiger partial charge in [-0.3, -0.25) is 9.69 Å². The van der Waals surface area contributed by atoms with E-state index in [2.05, 4.69) is 5.32 Å². The van der Waals surface area contributed by atoms with Crippen molar-refractivity contribution >= 4 is 23.7 Å². The van der Waals surface area contributed by atoms with Gasteiger partial charge in [0.05, 0.1) is 6.54 Å². The molecule has 2 rings (SSSR count). The van der Waals surface area contributed by atoms with Crippen LogP contribution in [0.4, 0.5) is 4.79 Å². The van der Waals surface area contributed by atoms with E-state index in [0.717, 1.165) is 22.6 Å². The van der Waals surface area contributed by atoms with Crippen LogP contribution in [0.15, 0.2) is 18.2 Å². The molecule has 3 amide bonds. The maximum Gasteiger partial charge on any atom is 0.324 e. The number of rotatable bonds is 7. The highest BCUT2D eigenvalue weighted by atomic mass is 32.2. The summed E-state index contributed by atoms with van der Waals surface area (Å²) in [6, 6.07) is 5.27. The van der Waals surface area contributed by atoms with E-state index in [1.54, 1.807) is 11.8 Å². The first-order valence-corrected chi connectivity index (χ1v) is 8.73. The Morgan fingerprint density at radius 2 is 2.09 bits per heavy atom. The number of urea groups is 1. The van der Waals surface area contributed by atoms with Gasteiger partial charge in [-0.1, -0.05) is 12.1 Å². The lowest BCUT2D eigenvalue weighted by Crippen LogP contribution is -2.35. The summed E-state index contributed by atoms with van der Waals surface area (Å²) >= 11 is 1.66. The Morgan fingerprint density at radius 1 is 1.32 bits per heavy atom. The molecule has 0 saturated carbocycles. The van der Waals surface area contributed by atoms with Crippen molar-refractivity contribution < 1.29 is 14.3 Å². The topological polar surface area (TPSA) is 58.6 Å². The molecule has 1 aromatic rings. The lowest BCUT2D eigenvalue weighted by molar-refractivity contribution is -0.127. The lowest BCUT2D eigenvalue weighted by atomic mass is 10.1. The molecule has 0 aliphatic carbocycles. The largest absolute Gasteiger partial charge is 0.491 e.